The van der Waals surface area contributed by atoms with Crippen molar-refractivity contribution in [2.45, 2.75) is 45.7 Å². The molecule has 0 aliphatic carbocycles. The number of benzene rings is 2. The number of anilines is 1. The van der Waals surface area contributed by atoms with E-state index >= 15 is 0 Å². The van der Waals surface area contributed by atoms with Gasteiger partial charge in [0.15, 0.2) is 6.04 Å². The van der Waals surface area contributed by atoms with Crippen molar-refractivity contribution in [2.75, 3.05) is 11.4 Å². The van der Waals surface area contributed by atoms with Gasteiger partial charge in [0.25, 0.3) is 0 Å². The second kappa shape index (κ2) is 6.88. The maximum Gasteiger partial charge on any atom is 0.244 e. The lowest BCUT2D eigenvalue weighted by atomic mass is 9.85. The van der Waals surface area contributed by atoms with Gasteiger partial charge in [0, 0.05) is 18.4 Å². The number of Topliss-reactive ketones (excluding diaryl/α,β-unsaturated/α-hetero) is 1. The fraction of sp³-hybridized carbons (Fsp3) is 0.400. The van der Waals surface area contributed by atoms with Gasteiger partial charge in [-0.15, -0.1) is 0 Å². The van der Waals surface area contributed by atoms with Crippen LogP contribution in [0.3, 0.4) is 0 Å². The standard InChI is InChI=1S/C25H26N2O3/c1-14-6-9-17(10-7-14)23(28)22-21-20(19-5-4-12-26(19)22)24(29)27(25(21)30)18-11-8-15(2)13-16(18)3/h6-11,13,19-22H,4-5,12H2,1-3H3/p+1/t19-,20-,21-,22-/m1/s1. The summed E-state index contributed by atoms with van der Waals surface area (Å²) in [5.41, 5.74) is 4.39. The van der Waals surface area contributed by atoms with Gasteiger partial charge in [0.2, 0.25) is 17.6 Å². The van der Waals surface area contributed by atoms with Crippen LogP contribution in [0, 0.1) is 32.6 Å². The van der Waals surface area contributed by atoms with Crippen LogP contribution >= 0.6 is 0 Å². The number of carbonyl (C=O) groups excluding carboxylic acids is 3. The highest BCUT2D eigenvalue weighted by Gasteiger charge is 2.68. The number of nitrogens with zero attached hydrogens (tertiary/aromatic N) is 1. The Bertz CT molecular complexity index is 1060. The van der Waals surface area contributed by atoms with Gasteiger partial charge in [-0.3, -0.25) is 14.4 Å². The van der Waals surface area contributed by atoms with E-state index in [4.69, 9.17) is 0 Å². The molecule has 5 rings (SSSR count). The summed E-state index contributed by atoms with van der Waals surface area (Å²) in [5.74, 6) is -1.29. The predicted molar refractivity (Wildman–Crippen MR) is 114 cm³/mol. The molecule has 3 aliphatic rings. The second-order valence-electron chi connectivity index (χ2n) is 9.13. The predicted octanol–water partition coefficient (Wildman–Crippen LogP) is 2.03. The molecule has 2 aromatic carbocycles. The molecule has 1 N–H and O–H groups in total. The smallest absolute Gasteiger partial charge is 0.244 e. The van der Waals surface area contributed by atoms with Crippen LogP contribution in [0.5, 0.6) is 0 Å². The van der Waals surface area contributed by atoms with E-state index in [1.54, 1.807) is 0 Å². The molecule has 5 nitrogen and oxygen atoms in total. The van der Waals surface area contributed by atoms with Gasteiger partial charge < -0.3 is 4.90 Å². The van der Waals surface area contributed by atoms with Crippen molar-refractivity contribution in [3.63, 3.8) is 0 Å². The molecule has 2 aromatic rings. The average Bonchev–Trinajstić information content (AvgIpc) is 3.35. The van der Waals surface area contributed by atoms with E-state index in [1.807, 2.05) is 63.2 Å². The van der Waals surface area contributed by atoms with Crippen LogP contribution in [0.15, 0.2) is 42.5 Å². The fourth-order valence-electron chi connectivity index (χ4n) is 5.93. The lowest BCUT2D eigenvalue weighted by Gasteiger charge is -2.26. The van der Waals surface area contributed by atoms with E-state index in [9.17, 15) is 14.4 Å². The molecule has 0 spiro atoms. The Morgan fingerprint density at radius 3 is 2.30 bits per heavy atom. The molecule has 5 heteroatoms. The van der Waals surface area contributed by atoms with Crippen LogP contribution in [-0.4, -0.2) is 36.2 Å². The number of aryl methyl sites for hydroxylation is 3. The minimum absolute atomic E-state index is 0.00646. The summed E-state index contributed by atoms with van der Waals surface area (Å²) in [6, 6.07) is 12.9. The first-order chi connectivity index (χ1) is 14.4. The van der Waals surface area contributed by atoms with Crippen LogP contribution in [0.4, 0.5) is 5.69 Å². The number of hydrogen-bond acceptors (Lipinski definition) is 3. The lowest BCUT2D eigenvalue weighted by Crippen LogP contribution is -3.16. The van der Waals surface area contributed by atoms with Crippen LogP contribution in [0.1, 0.15) is 39.9 Å². The van der Waals surface area contributed by atoms with Gasteiger partial charge in [-0.1, -0.05) is 47.5 Å². The highest BCUT2D eigenvalue weighted by molar-refractivity contribution is 6.24. The van der Waals surface area contributed by atoms with E-state index in [2.05, 4.69) is 0 Å². The summed E-state index contributed by atoms with van der Waals surface area (Å²) in [5, 5.41) is 0. The number of imide groups is 1. The van der Waals surface area contributed by atoms with Crippen molar-refractivity contribution in [1.82, 2.24) is 0 Å². The van der Waals surface area contributed by atoms with E-state index in [0.29, 0.717) is 11.3 Å². The summed E-state index contributed by atoms with van der Waals surface area (Å²) >= 11 is 0. The minimum Gasteiger partial charge on any atom is -0.322 e. The molecule has 3 fully saturated rings. The fourth-order valence-corrected chi connectivity index (χ4v) is 5.93. The van der Waals surface area contributed by atoms with Crippen LogP contribution in [0.25, 0.3) is 0 Å². The first-order valence-corrected chi connectivity index (χ1v) is 10.8. The molecule has 154 valence electrons. The summed E-state index contributed by atoms with van der Waals surface area (Å²) in [7, 11) is 0. The van der Waals surface area contributed by atoms with Gasteiger partial charge in [0.05, 0.1) is 12.2 Å². The third-order valence-corrected chi connectivity index (χ3v) is 7.26. The minimum atomic E-state index is -0.563. The Morgan fingerprint density at radius 2 is 1.60 bits per heavy atom. The van der Waals surface area contributed by atoms with Crippen molar-refractivity contribution in [3.05, 3.63) is 64.7 Å². The Labute approximate surface area is 176 Å². The monoisotopic (exact) mass is 403 g/mol. The van der Waals surface area contributed by atoms with Crippen molar-refractivity contribution in [2.24, 2.45) is 11.8 Å². The number of ketones is 1. The highest BCUT2D eigenvalue weighted by Crippen LogP contribution is 2.41. The van der Waals surface area contributed by atoms with Crippen molar-refractivity contribution < 1.29 is 19.3 Å². The molecule has 5 atom stereocenters. The average molecular weight is 404 g/mol. The Balaban J connectivity index is 1.56. The van der Waals surface area contributed by atoms with Gasteiger partial charge in [-0.05, 0) is 32.4 Å². The first-order valence-electron chi connectivity index (χ1n) is 10.8. The number of nitrogens with one attached hydrogen (secondary N) is 1. The molecule has 0 saturated carbocycles. The largest absolute Gasteiger partial charge is 0.322 e. The van der Waals surface area contributed by atoms with Gasteiger partial charge in [-0.2, -0.15) is 0 Å². The van der Waals surface area contributed by atoms with Gasteiger partial charge in [-0.25, -0.2) is 4.90 Å². The topological polar surface area (TPSA) is 58.9 Å². The van der Waals surface area contributed by atoms with E-state index in [-0.39, 0.29) is 23.6 Å². The number of quaternary nitrogens is 1. The summed E-state index contributed by atoms with van der Waals surface area (Å²) in [6.07, 6.45) is 1.89. The summed E-state index contributed by atoms with van der Waals surface area (Å²) in [4.78, 5) is 43.2. The van der Waals surface area contributed by atoms with E-state index in [0.717, 1.165) is 41.0 Å². The van der Waals surface area contributed by atoms with Crippen molar-refractivity contribution in [1.29, 1.82) is 0 Å². The number of fused-ring (bicyclic) bond motifs is 3. The van der Waals surface area contributed by atoms with Crippen LogP contribution in [-0.2, 0) is 9.59 Å². The van der Waals surface area contributed by atoms with Crippen LogP contribution < -0.4 is 9.80 Å². The highest BCUT2D eigenvalue weighted by atomic mass is 16.2. The molecule has 30 heavy (non-hydrogen) atoms. The number of rotatable bonds is 3. The Morgan fingerprint density at radius 1 is 0.933 bits per heavy atom. The second-order valence-corrected chi connectivity index (χ2v) is 9.13. The Kier molecular flexibility index (Phi) is 4.40. The zero-order chi connectivity index (χ0) is 21.2. The molecule has 3 aliphatic heterocycles. The number of amides is 2. The zero-order valence-corrected chi connectivity index (χ0v) is 17.6. The number of carbonyl (C=O) groups is 3. The van der Waals surface area contributed by atoms with E-state index in [1.165, 1.54) is 4.90 Å². The lowest BCUT2D eigenvalue weighted by molar-refractivity contribution is -0.915. The normalized spacial score (nSPS) is 30.0. The maximum atomic E-state index is 13.6. The van der Waals surface area contributed by atoms with Crippen molar-refractivity contribution >= 4 is 23.3 Å². The molecule has 1 unspecified atom stereocenters. The molecular weight excluding hydrogens is 376 g/mol. The molecule has 0 aromatic heterocycles. The Hall–Kier alpha value is -2.79. The molecule has 3 saturated heterocycles. The van der Waals surface area contributed by atoms with Crippen molar-refractivity contribution in [3.8, 4) is 0 Å². The third-order valence-electron chi connectivity index (χ3n) is 7.26. The maximum absolute atomic E-state index is 13.6. The quantitative estimate of drug-likeness (QED) is 0.630. The van der Waals surface area contributed by atoms with Crippen LogP contribution in [0.2, 0.25) is 0 Å². The molecular formula is C25H27N2O3+. The first kappa shape index (κ1) is 19.2. The SMILES string of the molecule is Cc1ccc(C(=O)[C@H]2[C@@H]3C(=O)N(c4ccc(C)cc4C)C(=O)[C@@H]3[C@H]3CCC[NH+]32)cc1. The molecule has 3 heterocycles. The molecule has 0 radical (unpaired) electrons. The third kappa shape index (κ3) is 2.68. The zero-order valence-electron chi connectivity index (χ0n) is 17.6. The summed E-state index contributed by atoms with van der Waals surface area (Å²) < 4.78 is 0. The summed E-state index contributed by atoms with van der Waals surface area (Å²) in [6.45, 7) is 6.76. The van der Waals surface area contributed by atoms with Gasteiger partial charge in [0.1, 0.15) is 17.9 Å². The van der Waals surface area contributed by atoms with E-state index < -0.39 is 17.9 Å². The molecule has 0 bridgehead atoms. The number of hydrogen-bond donors (Lipinski definition) is 1. The molecule has 2 amide bonds. The van der Waals surface area contributed by atoms with Gasteiger partial charge >= 0.3 is 0 Å².